The lowest BCUT2D eigenvalue weighted by atomic mass is 10.0. The second-order valence-corrected chi connectivity index (χ2v) is 11.5. The number of carbonyl (C=O) groups excluding carboxylic acids is 1. The number of fused-ring (bicyclic) bond motifs is 1. The number of aromatic nitrogens is 6. The number of halogens is 6. The van der Waals surface area contributed by atoms with E-state index in [2.05, 4.69) is 39.0 Å². The maximum atomic E-state index is 13.6. The number of carboxylic acids is 2. The summed E-state index contributed by atoms with van der Waals surface area (Å²) in [4.78, 5) is 46.8. The number of morpholine rings is 1. The molecule has 0 radical (unpaired) electrons. The van der Waals surface area contributed by atoms with Crippen molar-refractivity contribution in [3.8, 4) is 22.5 Å². The van der Waals surface area contributed by atoms with Crippen LogP contribution < -0.4 is 4.90 Å². The highest BCUT2D eigenvalue weighted by molar-refractivity contribution is 5.94. The first kappa shape index (κ1) is 38.5. The molecule has 3 N–H and O–H groups in total. The van der Waals surface area contributed by atoms with Crippen LogP contribution in [0.1, 0.15) is 13.8 Å². The Morgan fingerprint density at radius 1 is 0.961 bits per heavy atom. The molecule has 0 saturated carbocycles. The summed E-state index contributed by atoms with van der Waals surface area (Å²) in [5, 5.41) is 25.6. The van der Waals surface area contributed by atoms with Gasteiger partial charge in [0.05, 0.1) is 25.5 Å². The highest BCUT2D eigenvalue weighted by Crippen LogP contribution is 2.31. The summed E-state index contributed by atoms with van der Waals surface area (Å²) in [6.07, 6.45) is -4.98. The number of urea groups is 1. The zero-order valence-corrected chi connectivity index (χ0v) is 27.1. The molecule has 1 atom stereocenters. The topological polar surface area (TPSA) is 182 Å². The number of nitrogens with one attached hydrogen (secondary N) is 1. The summed E-state index contributed by atoms with van der Waals surface area (Å²) in [6, 6.07) is 9.99. The van der Waals surface area contributed by atoms with E-state index in [-0.39, 0.29) is 12.1 Å². The van der Waals surface area contributed by atoms with Gasteiger partial charge in [-0.2, -0.15) is 36.5 Å². The van der Waals surface area contributed by atoms with Crippen molar-refractivity contribution in [3.05, 3.63) is 49.1 Å². The standard InChI is InChI=1S/C26H31N9O2.2C2HF3O2/c1-18(2)22-16-33(10-9-32-11-13-37-14-12-32)26(36)35(22)23-7-8-34-25(30-23)21(15-29-34)19-3-5-20(6-4-19)24-27-17-28-31-24;2*3-2(4,5)1(6)7/h3-8,15,17-18,22H,9-14,16H2,1-2H3,(H,27,28,31);2*(H,6,7)/t22-;;/m1../s1. The second-order valence-electron chi connectivity index (χ2n) is 11.5. The van der Waals surface area contributed by atoms with E-state index in [1.54, 1.807) is 4.52 Å². The van der Waals surface area contributed by atoms with Gasteiger partial charge in [-0.3, -0.25) is 14.9 Å². The van der Waals surface area contributed by atoms with Gasteiger partial charge in [-0.15, -0.1) is 0 Å². The van der Waals surface area contributed by atoms with Crippen molar-refractivity contribution >= 4 is 29.4 Å². The largest absolute Gasteiger partial charge is 0.490 e. The average molecular weight is 730 g/mol. The van der Waals surface area contributed by atoms with Crippen molar-refractivity contribution in [2.24, 2.45) is 5.92 Å². The lowest BCUT2D eigenvalue weighted by Gasteiger charge is -2.28. The predicted octanol–water partition coefficient (Wildman–Crippen LogP) is 4.05. The number of benzene rings is 1. The molecule has 2 amide bonds. The Morgan fingerprint density at radius 3 is 2.08 bits per heavy atom. The number of H-pyrrole nitrogens is 1. The summed E-state index contributed by atoms with van der Waals surface area (Å²) in [5.74, 6) is -3.84. The normalized spacial score (nSPS) is 16.9. The molecular weight excluding hydrogens is 696 g/mol. The zero-order valence-electron chi connectivity index (χ0n) is 27.1. The van der Waals surface area contributed by atoms with Crippen LogP contribution in [-0.2, 0) is 14.3 Å². The van der Waals surface area contributed by atoms with Crippen LogP contribution in [0.4, 0.5) is 37.0 Å². The first-order chi connectivity index (χ1) is 24.0. The molecule has 2 aliphatic heterocycles. The molecule has 0 spiro atoms. The molecule has 3 aromatic heterocycles. The van der Waals surface area contributed by atoms with Crippen LogP contribution in [0.25, 0.3) is 28.2 Å². The number of rotatable bonds is 7. The maximum absolute atomic E-state index is 13.6. The van der Waals surface area contributed by atoms with Gasteiger partial charge in [0.25, 0.3) is 0 Å². The molecule has 0 aliphatic carbocycles. The van der Waals surface area contributed by atoms with E-state index in [4.69, 9.17) is 29.5 Å². The number of carbonyl (C=O) groups is 3. The maximum Gasteiger partial charge on any atom is 0.490 e. The van der Waals surface area contributed by atoms with E-state index < -0.39 is 24.3 Å². The number of hydrogen-bond acceptors (Lipinski definition) is 9. The Labute approximate surface area is 285 Å². The fourth-order valence-corrected chi connectivity index (χ4v) is 5.08. The number of anilines is 1. The molecule has 21 heteroatoms. The molecule has 15 nitrogen and oxygen atoms in total. The summed E-state index contributed by atoms with van der Waals surface area (Å²) in [7, 11) is 0. The molecule has 51 heavy (non-hydrogen) atoms. The Morgan fingerprint density at radius 2 is 1.55 bits per heavy atom. The smallest absolute Gasteiger partial charge is 0.475 e. The third-order valence-corrected chi connectivity index (χ3v) is 7.75. The number of aromatic amines is 1. The van der Waals surface area contributed by atoms with E-state index in [1.165, 1.54) is 6.33 Å². The van der Waals surface area contributed by atoms with Gasteiger partial charge in [0.15, 0.2) is 11.5 Å². The SMILES string of the molecule is CC(C)[C@H]1CN(CCN2CCOCC2)C(=O)N1c1ccn2ncc(-c3ccc(-c4ncn[nH]4)cc3)c2n1.O=C(O)C(F)(F)F.O=C(O)C(F)(F)F. The molecule has 1 aromatic carbocycles. The second kappa shape index (κ2) is 16.1. The van der Waals surface area contributed by atoms with Gasteiger partial charge in [0, 0.05) is 50.0 Å². The quantitative estimate of drug-likeness (QED) is 0.234. The first-order valence-electron chi connectivity index (χ1n) is 15.3. The van der Waals surface area contributed by atoms with Crippen LogP contribution in [0, 0.1) is 5.92 Å². The number of carboxylic acid groups (broad SMARTS) is 2. The van der Waals surface area contributed by atoms with Crippen molar-refractivity contribution < 1.29 is 55.7 Å². The van der Waals surface area contributed by atoms with E-state index in [1.807, 2.05) is 52.5 Å². The Bertz CT molecular complexity index is 1750. The summed E-state index contributed by atoms with van der Waals surface area (Å²) >= 11 is 0. The third-order valence-electron chi connectivity index (χ3n) is 7.75. The van der Waals surface area contributed by atoms with Crippen LogP contribution in [0.3, 0.4) is 0 Å². The first-order valence-corrected chi connectivity index (χ1v) is 15.3. The highest BCUT2D eigenvalue weighted by atomic mass is 19.4. The van der Waals surface area contributed by atoms with E-state index in [0.717, 1.165) is 55.4 Å². The monoisotopic (exact) mass is 729 g/mol. The van der Waals surface area contributed by atoms with Crippen molar-refractivity contribution in [1.82, 2.24) is 39.6 Å². The number of amides is 2. The Balaban J connectivity index is 0.000000353. The van der Waals surface area contributed by atoms with Crippen LogP contribution in [0.2, 0.25) is 0 Å². The average Bonchev–Trinajstić information content (AvgIpc) is 3.83. The number of alkyl halides is 6. The van der Waals surface area contributed by atoms with Crippen LogP contribution >= 0.6 is 0 Å². The minimum Gasteiger partial charge on any atom is -0.475 e. The van der Waals surface area contributed by atoms with Gasteiger partial charge >= 0.3 is 30.3 Å². The van der Waals surface area contributed by atoms with Gasteiger partial charge in [0.1, 0.15) is 12.1 Å². The third kappa shape index (κ3) is 9.90. The van der Waals surface area contributed by atoms with Gasteiger partial charge < -0.3 is 19.8 Å². The molecule has 2 saturated heterocycles. The Hall–Kier alpha value is -5.31. The minimum absolute atomic E-state index is 0.0151. The molecule has 6 rings (SSSR count). The van der Waals surface area contributed by atoms with E-state index >= 15 is 0 Å². The number of ether oxygens (including phenoxy) is 1. The van der Waals surface area contributed by atoms with Gasteiger partial charge in [-0.1, -0.05) is 38.1 Å². The van der Waals surface area contributed by atoms with Crippen molar-refractivity contribution in [2.75, 3.05) is 50.8 Å². The van der Waals surface area contributed by atoms with Gasteiger partial charge in [-0.05, 0) is 17.5 Å². The molecule has 2 aliphatic rings. The minimum atomic E-state index is -5.08. The van der Waals surface area contributed by atoms with Crippen molar-refractivity contribution in [3.63, 3.8) is 0 Å². The van der Waals surface area contributed by atoms with Crippen LogP contribution in [0.15, 0.2) is 49.1 Å². The molecule has 5 heterocycles. The Kier molecular flexibility index (Phi) is 12.2. The van der Waals surface area contributed by atoms with E-state index in [9.17, 15) is 31.1 Å². The number of aliphatic carboxylic acids is 2. The van der Waals surface area contributed by atoms with Crippen molar-refractivity contribution in [1.29, 1.82) is 0 Å². The van der Waals surface area contributed by atoms with Crippen LogP contribution in [0.5, 0.6) is 0 Å². The molecule has 2 fully saturated rings. The molecule has 4 aromatic rings. The lowest BCUT2D eigenvalue weighted by Crippen LogP contribution is -2.42. The molecule has 0 unspecified atom stereocenters. The summed E-state index contributed by atoms with van der Waals surface area (Å²) < 4.78 is 70.7. The van der Waals surface area contributed by atoms with Crippen LogP contribution in [-0.4, -0.2) is 132 Å². The fourth-order valence-electron chi connectivity index (χ4n) is 5.08. The molecule has 0 bridgehead atoms. The number of nitrogens with zero attached hydrogens (tertiary/aromatic N) is 8. The van der Waals surface area contributed by atoms with E-state index in [0.29, 0.717) is 30.5 Å². The van der Waals surface area contributed by atoms with Gasteiger partial charge in [0.2, 0.25) is 0 Å². The molecule has 276 valence electrons. The van der Waals surface area contributed by atoms with Crippen molar-refractivity contribution in [2.45, 2.75) is 32.2 Å². The highest BCUT2D eigenvalue weighted by Gasteiger charge is 2.41. The summed E-state index contributed by atoms with van der Waals surface area (Å²) in [5.41, 5.74) is 3.56. The number of hydrogen-bond donors (Lipinski definition) is 3. The lowest BCUT2D eigenvalue weighted by molar-refractivity contribution is -0.193. The predicted molar refractivity (Wildman–Crippen MR) is 167 cm³/mol. The fraction of sp³-hybridized carbons (Fsp3) is 0.433. The zero-order chi connectivity index (χ0) is 37.5. The molecular formula is C30H33F6N9O6. The summed E-state index contributed by atoms with van der Waals surface area (Å²) in [6.45, 7) is 9.94. The van der Waals surface area contributed by atoms with Gasteiger partial charge in [-0.25, -0.2) is 28.9 Å².